The number of hydrogen-bond donors (Lipinski definition) is 0. The molecule has 0 spiro atoms. The lowest BCUT2D eigenvalue weighted by molar-refractivity contribution is -0.134. The molecule has 2 fully saturated rings. The van der Waals surface area contributed by atoms with Crippen LogP contribution in [0.5, 0.6) is 11.6 Å². The zero-order chi connectivity index (χ0) is 22.4. The standard InChI is InChI=1S/C26H25FN4O2/c27-17-5-7-18(8-6-17)33-25-21-15-31(26(32)23-19-3-1-2-4-20(19)23)14-11-22(21)29-24(30-25)16-9-12-28-13-10-16/h5-10,12-13,19-20,23H,1-4,11,14-15H2/t19-,20-/m0/s1. The van der Waals surface area contributed by atoms with Gasteiger partial charge >= 0.3 is 0 Å². The molecule has 7 heteroatoms. The molecule has 0 saturated heterocycles. The number of pyridine rings is 1. The van der Waals surface area contributed by atoms with Gasteiger partial charge in [-0.1, -0.05) is 12.8 Å². The van der Waals surface area contributed by atoms with Crippen molar-refractivity contribution in [3.05, 3.63) is 65.9 Å². The van der Waals surface area contributed by atoms with Crippen molar-refractivity contribution in [2.75, 3.05) is 6.54 Å². The number of carbonyl (C=O) groups is 1. The first kappa shape index (κ1) is 20.3. The van der Waals surface area contributed by atoms with Crippen LogP contribution >= 0.6 is 0 Å². The van der Waals surface area contributed by atoms with Crippen molar-refractivity contribution in [1.82, 2.24) is 19.9 Å². The molecule has 2 atom stereocenters. The molecule has 168 valence electrons. The maximum Gasteiger partial charge on any atom is 0.228 e. The van der Waals surface area contributed by atoms with Crippen LogP contribution in [-0.4, -0.2) is 32.3 Å². The van der Waals surface area contributed by atoms with E-state index >= 15 is 0 Å². The second kappa shape index (κ2) is 8.21. The monoisotopic (exact) mass is 444 g/mol. The number of carbonyl (C=O) groups excluding carboxylic acids is 1. The summed E-state index contributed by atoms with van der Waals surface area (Å²) in [5, 5.41) is 0. The fourth-order valence-electron chi connectivity index (χ4n) is 5.47. The number of aromatic nitrogens is 3. The normalized spacial score (nSPS) is 23.4. The fourth-order valence-corrected chi connectivity index (χ4v) is 5.47. The van der Waals surface area contributed by atoms with Crippen molar-refractivity contribution in [2.45, 2.75) is 38.6 Å². The summed E-state index contributed by atoms with van der Waals surface area (Å²) in [5.41, 5.74) is 2.57. The summed E-state index contributed by atoms with van der Waals surface area (Å²) in [6.07, 6.45) is 8.92. The minimum absolute atomic E-state index is 0.188. The number of ether oxygens (including phenoxy) is 1. The van der Waals surface area contributed by atoms with Gasteiger partial charge in [0.25, 0.3) is 0 Å². The molecule has 33 heavy (non-hydrogen) atoms. The van der Waals surface area contributed by atoms with E-state index in [2.05, 4.69) is 4.98 Å². The molecule has 1 aliphatic heterocycles. The summed E-state index contributed by atoms with van der Waals surface area (Å²) in [6, 6.07) is 9.59. The third kappa shape index (κ3) is 3.86. The molecule has 2 aliphatic carbocycles. The Bertz CT molecular complexity index is 1170. The van der Waals surface area contributed by atoms with E-state index in [-0.39, 0.29) is 17.6 Å². The van der Waals surface area contributed by atoms with Crippen molar-refractivity contribution in [2.24, 2.45) is 17.8 Å². The predicted octanol–water partition coefficient (Wildman–Crippen LogP) is 4.79. The molecular formula is C26H25FN4O2. The number of nitrogens with zero attached hydrogens (tertiary/aromatic N) is 4. The van der Waals surface area contributed by atoms with Crippen molar-refractivity contribution < 1.29 is 13.9 Å². The lowest BCUT2D eigenvalue weighted by Gasteiger charge is -2.30. The molecule has 1 aromatic carbocycles. The van der Waals surface area contributed by atoms with Crippen LogP contribution in [-0.2, 0) is 17.8 Å². The van der Waals surface area contributed by atoms with E-state index in [0.717, 1.165) is 16.8 Å². The van der Waals surface area contributed by atoms with Gasteiger partial charge in [-0.15, -0.1) is 0 Å². The van der Waals surface area contributed by atoms with Crippen LogP contribution in [0.2, 0.25) is 0 Å². The highest BCUT2D eigenvalue weighted by molar-refractivity contribution is 5.82. The molecule has 6 rings (SSSR count). The van der Waals surface area contributed by atoms with Crippen LogP contribution < -0.4 is 4.74 Å². The molecule has 0 radical (unpaired) electrons. The number of hydrogen-bond acceptors (Lipinski definition) is 5. The highest BCUT2D eigenvalue weighted by atomic mass is 19.1. The zero-order valence-corrected chi connectivity index (χ0v) is 18.3. The zero-order valence-electron chi connectivity index (χ0n) is 18.3. The van der Waals surface area contributed by atoms with Crippen molar-refractivity contribution >= 4 is 5.91 Å². The second-order valence-corrected chi connectivity index (χ2v) is 9.22. The first-order valence-corrected chi connectivity index (χ1v) is 11.7. The van der Waals surface area contributed by atoms with Gasteiger partial charge in [0.1, 0.15) is 11.6 Å². The van der Waals surface area contributed by atoms with E-state index in [9.17, 15) is 9.18 Å². The Morgan fingerprint density at radius 3 is 2.45 bits per heavy atom. The second-order valence-electron chi connectivity index (χ2n) is 9.22. The van der Waals surface area contributed by atoms with Gasteiger partial charge in [0.2, 0.25) is 11.8 Å². The average Bonchev–Trinajstić information content (AvgIpc) is 3.59. The van der Waals surface area contributed by atoms with Gasteiger partial charge in [-0.25, -0.2) is 9.37 Å². The molecule has 6 nitrogen and oxygen atoms in total. The summed E-state index contributed by atoms with van der Waals surface area (Å²) < 4.78 is 19.5. The molecule has 3 aromatic rings. The maximum absolute atomic E-state index is 13.4. The lowest BCUT2D eigenvalue weighted by Crippen LogP contribution is -2.38. The Labute approximate surface area is 191 Å². The van der Waals surface area contributed by atoms with Gasteiger partial charge in [0.05, 0.1) is 17.8 Å². The fraction of sp³-hybridized carbons (Fsp3) is 0.385. The van der Waals surface area contributed by atoms with E-state index in [1.165, 1.54) is 37.8 Å². The van der Waals surface area contributed by atoms with Crippen LogP contribution in [0, 0.1) is 23.6 Å². The summed E-state index contributed by atoms with van der Waals surface area (Å²) in [6.45, 7) is 1.10. The Hall–Kier alpha value is -3.35. The lowest BCUT2D eigenvalue weighted by atomic mass is 10.0. The molecule has 1 amide bonds. The molecule has 3 heterocycles. The van der Waals surface area contributed by atoms with Crippen LogP contribution in [0.25, 0.3) is 11.4 Å². The number of fused-ring (bicyclic) bond motifs is 2. The quantitative estimate of drug-likeness (QED) is 0.579. The molecule has 0 bridgehead atoms. The van der Waals surface area contributed by atoms with Crippen LogP contribution in [0.15, 0.2) is 48.8 Å². The van der Waals surface area contributed by atoms with Gasteiger partial charge < -0.3 is 9.64 Å². The van der Waals surface area contributed by atoms with Crippen LogP contribution in [0.3, 0.4) is 0 Å². The third-order valence-electron chi connectivity index (χ3n) is 7.24. The van der Waals surface area contributed by atoms with Gasteiger partial charge in [0.15, 0.2) is 5.82 Å². The Balaban J connectivity index is 1.32. The topological polar surface area (TPSA) is 68.2 Å². The first-order chi connectivity index (χ1) is 16.2. The third-order valence-corrected chi connectivity index (χ3v) is 7.24. The summed E-state index contributed by atoms with van der Waals surface area (Å²) in [5.74, 6) is 2.75. The van der Waals surface area contributed by atoms with E-state index in [1.54, 1.807) is 24.5 Å². The molecule has 0 N–H and O–H groups in total. The van der Waals surface area contributed by atoms with Gasteiger partial charge in [-0.3, -0.25) is 9.78 Å². The van der Waals surface area contributed by atoms with E-state index < -0.39 is 0 Å². The number of benzene rings is 1. The van der Waals surface area contributed by atoms with E-state index in [0.29, 0.717) is 48.8 Å². The average molecular weight is 445 g/mol. The maximum atomic E-state index is 13.4. The molecule has 3 aliphatic rings. The highest BCUT2D eigenvalue weighted by Crippen LogP contribution is 2.56. The van der Waals surface area contributed by atoms with Crippen LogP contribution in [0.1, 0.15) is 36.9 Å². The largest absolute Gasteiger partial charge is 0.439 e. The highest BCUT2D eigenvalue weighted by Gasteiger charge is 2.56. The van der Waals surface area contributed by atoms with Crippen molar-refractivity contribution in [3.8, 4) is 23.0 Å². The minimum Gasteiger partial charge on any atom is -0.439 e. The van der Waals surface area contributed by atoms with Crippen molar-refractivity contribution in [3.63, 3.8) is 0 Å². The number of halogens is 1. The summed E-state index contributed by atoms with van der Waals surface area (Å²) >= 11 is 0. The van der Waals surface area contributed by atoms with Gasteiger partial charge in [-0.2, -0.15) is 4.98 Å². The summed E-state index contributed by atoms with van der Waals surface area (Å²) in [4.78, 5) is 28.9. The molecule has 2 saturated carbocycles. The Morgan fingerprint density at radius 2 is 1.73 bits per heavy atom. The van der Waals surface area contributed by atoms with Gasteiger partial charge in [-0.05, 0) is 61.1 Å². The minimum atomic E-state index is -0.327. The van der Waals surface area contributed by atoms with Crippen LogP contribution in [0.4, 0.5) is 4.39 Å². The smallest absolute Gasteiger partial charge is 0.228 e. The summed E-state index contributed by atoms with van der Waals surface area (Å²) in [7, 11) is 0. The van der Waals surface area contributed by atoms with E-state index in [4.69, 9.17) is 14.7 Å². The molecule has 0 unspecified atom stereocenters. The molecule has 2 aromatic heterocycles. The Kier molecular flexibility index (Phi) is 5.04. The van der Waals surface area contributed by atoms with Gasteiger partial charge in [0, 0.05) is 36.8 Å². The Morgan fingerprint density at radius 1 is 1.00 bits per heavy atom. The number of rotatable bonds is 4. The molecular weight excluding hydrogens is 419 g/mol. The van der Waals surface area contributed by atoms with E-state index in [1.807, 2.05) is 17.0 Å². The predicted molar refractivity (Wildman–Crippen MR) is 120 cm³/mol. The van der Waals surface area contributed by atoms with Crippen molar-refractivity contribution in [1.29, 1.82) is 0 Å². The first-order valence-electron chi connectivity index (χ1n) is 11.7. The SMILES string of the molecule is O=C(C1[C@H]2CCCC[C@H]12)N1CCc2nc(-c3ccncc3)nc(Oc3ccc(F)cc3)c2C1. The number of amides is 1.